The molecule has 0 radical (unpaired) electrons. The minimum Gasteiger partial charge on any atom is -0.288 e. The van der Waals surface area contributed by atoms with Gasteiger partial charge >= 0.3 is 0 Å². The molecule has 0 amide bonds. The first-order valence-corrected chi connectivity index (χ1v) is 6.88. The van der Waals surface area contributed by atoms with Gasteiger partial charge in [-0.3, -0.25) is 4.79 Å². The predicted octanol–water partition coefficient (Wildman–Crippen LogP) is 4.88. The maximum atomic E-state index is 14.0. The van der Waals surface area contributed by atoms with Crippen molar-refractivity contribution in [3.05, 3.63) is 68.2 Å². The number of carbonyl (C=O) groups is 1. The van der Waals surface area contributed by atoms with Crippen molar-refractivity contribution in [1.29, 1.82) is 0 Å². The summed E-state index contributed by atoms with van der Waals surface area (Å²) in [5.41, 5.74) is 1.74. The fraction of sp³-hybridized carbons (Fsp3) is 0.188. The summed E-state index contributed by atoms with van der Waals surface area (Å²) < 4.78 is 28.7. The maximum Gasteiger partial charge on any atom is 0.198 e. The third kappa shape index (κ3) is 2.52. The molecule has 0 atom stereocenters. The van der Waals surface area contributed by atoms with Crippen LogP contribution in [0.4, 0.5) is 8.78 Å². The zero-order valence-electron chi connectivity index (χ0n) is 11.4. The van der Waals surface area contributed by atoms with E-state index < -0.39 is 23.0 Å². The van der Waals surface area contributed by atoms with Crippen LogP contribution in [0.2, 0.25) is 0 Å². The predicted molar refractivity (Wildman–Crippen MR) is 78.1 cm³/mol. The van der Waals surface area contributed by atoms with Gasteiger partial charge in [0.1, 0.15) is 11.6 Å². The highest BCUT2D eigenvalue weighted by Gasteiger charge is 2.21. The summed E-state index contributed by atoms with van der Waals surface area (Å²) in [5.74, 6) is -2.27. The molecular formula is C16H13BrF2O. The molecule has 4 heteroatoms. The molecule has 0 aliphatic heterocycles. The van der Waals surface area contributed by atoms with Crippen LogP contribution in [-0.4, -0.2) is 5.78 Å². The van der Waals surface area contributed by atoms with Gasteiger partial charge < -0.3 is 0 Å². The van der Waals surface area contributed by atoms with E-state index in [4.69, 9.17) is 0 Å². The van der Waals surface area contributed by atoms with Gasteiger partial charge in [-0.25, -0.2) is 8.78 Å². The molecule has 0 N–H and O–H groups in total. The minimum atomic E-state index is -0.837. The molecule has 2 aromatic rings. The molecule has 0 heterocycles. The van der Waals surface area contributed by atoms with Gasteiger partial charge in [-0.15, -0.1) is 0 Å². The zero-order valence-corrected chi connectivity index (χ0v) is 12.9. The monoisotopic (exact) mass is 338 g/mol. The Kier molecular flexibility index (Phi) is 4.04. The van der Waals surface area contributed by atoms with Crippen LogP contribution >= 0.6 is 15.9 Å². The first kappa shape index (κ1) is 14.9. The van der Waals surface area contributed by atoms with Gasteiger partial charge in [0.05, 0.1) is 5.56 Å². The van der Waals surface area contributed by atoms with Gasteiger partial charge in [0, 0.05) is 10.0 Å². The lowest BCUT2D eigenvalue weighted by atomic mass is 9.97. The van der Waals surface area contributed by atoms with Crippen molar-refractivity contribution in [1.82, 2.24) is 0 Å². The van der Waals surface area contributed by atoms with Crippen molar-refractivity contribution in [2.24, 2.45) is 0 Å². The second kappa shape index (κ2) is 5.44. The average Bonchev–Trinajstić information content (AvgIpc) is 2.40. The maximum absolute atomic E-state index is 14.0. The van der Waals surface area contributed by atoms with Gasteiger partial charge in [0.2, 0.25) is 0 Å². The van der Waals surface area contributed by atoms with Crippen molar-refractivity contribution < 1.29 is 13.6 Å². The Morgan fingerprint density at radius 2 is 1.55 bits per heavy atom. The van der Waals surface area contributed by atoms with E-state index in [9.17, 15) is 13.6 Å². The smallest absolute Gasteiger partial charge is 0.198 e. The van der Waals surface area contributed by atoms with Gasteiger partial charge in [0.25, 0.3) is 0 Å². The molecule has 2 aromatic carbocycles. The number of rotatable bonds is 2. The number of hydrogen-bond donors (Lipinski definition) is 0. The standard InChI is InChI=1S/C16H13BrF2O/c1-8-4-5-12(18)13(15(8)19)16(20)11-6-9(2)14(17)10(3)7-11/h4-7H,1-3H3. The molecule has 0 aromatic heterocycles. The van der Waals surface area contributed by atoms with Crippen LogP contribution in [0.15, 0.2) is 28.7 Å². The Bertz CT molecular complexity index is 685. The van der Waals surface area contributed by atoms with Gasteiger partial charge in [-0.05, 0) is 55.7 Å². The lowest BCUT2D eigenvalue weighted by molar-refractivity contribution is 0.103. The van der Waals surface area contributed by atoms with E-state index >= 15 is 0 Å². The molecule has 0 saturated carbocycles. The molecule has 0 aliphatic carbocycles. The van der Waals surface area contributed by atoms with Crippen LogP contribution in [0.5, 0.6) is 0 Å². The Morgan fingerprint density at radius 3 is 2.10 bits per heavy atom. The molecular weight excluding hydrogens is 326 g/mol. The molecule has 104 valence electrons. The molecule has 0 spiro atoms. The lowest BCUT2D eigenvalue weighted by Crippen LogP contribution is -2.09. The van der Waals surface area contributed by atoms with Crippen LogP contribution in [0.3, 0.4) is 0 Å². The Labute approximate surface area is 124 Å². The first-order valence-electron chi connectivity index (χ1n) is 6.09. The van der Waals surface area contributed by atoms with Gasteiger partial charge in [-0.2, -0.15) is 0 Å². The van der Waals surface area contributed by atoms with Crippen molar-refractivity contribution in [2.75, 3.05) is 0 Å². The average molecular weight is 339 g/mol. The van der Waals surface area contributed by atoms with E-state index in [0.717, 1.165) is 21.7 Å². The molecule has 0 bridgehead atoms. The molecule has 0 aliphatic rings. The van der Waals surface area contributed by atoms with Crippen LogP contribution in [0.25, 0.3) is 0 Å². The highest BCUT2D eigenvalue weighted by Crippen LogP contribution is 2.26. The molecule has 0 saturated heterocycles. The van der Waals surface area contributed by atoms with E-state index in [1.165, 1.54) is 13.0 Å². The van der Waals surface area contributed by atoms with Crippen molar-refractivity contribution >= 4 is 21.7 Å². The number of ketones is 1. The number of halogens is 3. The van der Waals surface area contributed by atoms with E-state index in [2.05, 4.69) is 15.9 Å². The van der Waals surface area contributed by atoms with Gasteiger partial charge in [-0.1, -0.05) is 22.0 Å². The SMILES string of the molecule is Cc1ccc(F)c(C(=O)c2cc(C)c(Br)c(C)c2)c1F. The molecule has 2 rings (SSSR count). The number of hydrogen-bond acceptors (Lipinski definition) is 1. The number of benzene rings is 2. The van der Waals surface area contributed by atoms with Crippen LogP contribution in [0, 0.1) is 32.4 Å². The Balaban J connectivity index is 2.61. The van der Waals surface area contributed by atoms with E-state index in [-0.39, 0.29) is 11.1 Å². The minimum absolute atomic E-state index is 0.250. The third-order valence-corrected chi connectivity index (χ3v) is 4.46. The summed E-state index contributed by atoms with van der Waals surface area (Å²) >= 11 is 3.40. The molecule has 1 nitrogen and oxygen atoms in total. The fourth-order valence-corrected chi connectivity index (χ4v) is 2.32. The number of aryl methyl sites for hydroxylation is 3. The second-order valence-electron chi connectivity index (χ2n) is 4.81. The largest absolute Gasteiger partial charge is 0.288 e. The van der Waals surface area contributed by atoms with E-state index in [1.54, 1.807) is 12.1 Å². The molecule has 0 unspecified atom stereocenters. The third-order valence-electron chi connectivity index (χ3n) is 3.21. The summed E-state index contributed by atoms with van der Waals surface area (Å²) in [7, 11) is 0. The summed E-state index contributed by atoms with van der Waals surface area (Å²) in [5, 5.41) is 0. The summed E-state index contributed by atoms with van der Waals surface area (Å²) in [6, 6.07) is 5.69. The molecule has 0 fully saturated rings. The number of carbonyl (C=O) groups excluding carboxylic acids is 1. The first-order chi connectivity index (χ1) is 9.32. The summed E-state index contributed by atoms with van der Waals surface area (Å²) in [4.78, 5) is 12.4. The lowest BCUT2D eigenvalue weighted by Gasteiger charge is -2.10. The van der Waals surface area contributed by atoms with Gasteiger partial charge in [0.15, 0.2) is 5.78 Å². The summed E-state index contributed by atoms with van der Waals surface area (Å²) in [6.07, 6.45) is 0. The highest BCUT2D eigenvalue weighted by atomic mass is 79.9. The quantitative estimate of drug-likeness (QED) is 0.713. The topological polar surface area (TPSA) is 17.1 Å². The van der Waals surface area contributed by atoms with Crippen molar-refractivity contribution in [3.8, 4) is 0 Å². The van der Waals surface area contributed by atoms with Crippen LogP contribution in [0.1, 0.15) is 32.6 Å². The van der Waals surface area contributed by atoms with E-state index in [1.807, 2.05) is 13.8 Å². The summed E-state index contributed by atoms with van der Waals surface area (Å²) in [6.45, 7) is 5.16. The Morgan fingerprint density at radius 1 is 1.00 bits per heavy atom. The second-order valence-corrected chi connectivity index (χ2v) is 5.60. The van der Waals surface area contributed by atoms with Crippen molar-refractivity contribution in [2.45, 2.75) is 20.8 Å². The highest BCUT2D eigenvalue weighted by molar-refractivity contribution is 9.10. The molecule has 20 heavy (non-hydrogen) atoms. The normalized spacial score (nSPS) is 10.7. The fourth-order valence-electron chi connectivity index (χ4n) is 2.09. The van der Waals surface area contributed by atoms with Crippen LogP contribution in [-0.2, 0) is 0 Å². The zero-order chi connectivity index (χ0) is 15.0. The van der Waals surface area contributed by atoms with E-state index in [0.29, 0.717) is 0 Å². The van der Waals surface area contributed by atoms with Crippen molar-refractivity contribution in [3.63, 3.8) is 0 Å². The Hall–Kier alpha value is -1.55. The van der Waals surface area contributed by atoms with Crippen LogP contribution < -0.4 is 0 Å².